The van der Waals surface area contributed by atoms with E-state index in [2.05, 4.69) is 5.32 Å². The van der Waals surface area contributed by atoms with E-state index in [0.717, 1.165) is 37.6 Å². The second kappa shape index (κ2) is 8.19. The molecule has 0 spiro atoms. The zero-order valence-corrected chi connectivity index (χ0v) is 11.4. The Balaban J connectivity index is 0.00000162. The van der Waals surface area contributed by atoms with Crippen molar-refractivity contribution >= 4 is 0 Å². The van der Waals surface area contributed by atoms with Crippen LogP contribution < -0.4 is 27.2 Å². The summed E-state index contributed by atoms with van der Waals surface area (Å²) in [5, 5.41) is 2.25. The van der Waals surface area contributed by atoms with Crippen LogP contribution >= 0.6 is 0 Å². The van der Waals surface area contributed by atoms with Crippen molar-refractivity contribution in [3.63, 3.8) is 0 Å². The number of halogens is 1. The first-order chi connectivity index (χ1) is 8.40. The molecule has 2 rings (SSSR count). The van der Waals surface area contributed by atoms with Crippen molar-refractivity contribution in [2.24, 2.45) is 0 Å². The number of hydrogen-bond donors (Lipinski definition) is 1. The lowest BCUT2D eigenvalue weighted by Crippen LogP contribution is -3.00. The standard InChI is InChI=1S/C13H19NO3.ClH/c1-15-8-4-7-14-9-11-10-16-12-5-2-3-6-13(12)17-11;/h2-3,5-6,11,14H,4,7-10H2,1H3;1H. The van der Waals surface area contributed by atoms with Crippen molar-refractivity contribution in [2.45, 2.75) is 12.5 Å². The van der Waals surface area contributed by atoms with Gasteiger partial charge in [-0.05, 0) is 12.1 Å². The first kappa shape index (κ1) is 15.1. The number of hydrogen-bond acceptors (Lipinski definition) is 3. The summed E-state index contributed by atoms with van der Waals surface area (Å²) >= 11 is 0. The first-order valence-corrected chi connectivity index (χ1v) is 6.09. The van der Waals surface area contributed by atoms with Crippen LogP contribution in [-0.4, -0.2) is 39.5 Å². The van der Waals surface area contributed by atoms with Gasteiger partial charge in [-0.3, -0.25) is 0 Å². The molecule has 0 aromatic heterocycles. The van der Waals surface area contributed by atoms with E-state index >= 15 is 0 Å². The Hall–Kier alpha value is -0.970. The molecule has 4 nitrogen and oxygen atoms in total. The molecule has 5 heteroatoms. The fourth-order valence-electron chi connectivity index (χ4n) is 1.85. The molecule has 0 amide bonds. The molecule has 0 saturated carbocycles. The van der Waals surface area contributed by atoms with Crippen molar-refractivity contribution < 1.29 is 31.9 Å². The number of benzene rings is 1. The number of nitrogens with two attached hydrogens (primary N) is 1. The number of quaternary nitrogens is 1. The third-order valence-corrected chi connectivity index (χ3v) is 2.75. The van der Waals surface area contributed by atoms with Crippen LogP contribution in [0.15, 0.2) is 24.3 Å². The fraction of sp³-hybridized carbons (Fsp3) is 0.538. The summed E-state index contributed by atoms with van der Waals surface area (Å²) < 4.78 is 16.5. The van der Waals surface area contributed by atoms with Gasteiger partial charge < -0.3 is 31.9 Å². The molecule has 0 saturated heterocycles. The van der Waals surface area contributed by atoms with Crippen LogP contribution in [0.4, 0.5) is 0 Å². The monoisotopic (exact) mass is 273 g/mol. The Bertz CT molecular complexity index is 349. The fourth-order valence-corrected chi connectivity index (χ4v) is 1.85. The highest BCUT2D eigenvalue weighted by atomic mass is 35.5. The van der Waals surface area contributed by atoms with Crippen LogP contribution in [-0.2, 0) is 4.74 Å². The second-order valence-electron chi connectivity index (χ2n) is 4.16. The molecule has 102 valence electrons. The molecule has 1 atom stereocenters. The molecule has 1 aliphatic rings. The van der Waals surface area contributed by atoms with E-state index in [1.165, 1.54) is 0 Å². The van der Waals surface area contributed by atoms with E-state index in [1.54, 1.807) is 7.11 Å². The molecule has 1 aliphatic heterocycles. The highest BCUT2D eigenvalue weighted by Gasteiger charge is 2.21. The predicted molar refractivity (Wildman–Crippen MR) is 64.5 cm³/mol. The Labute approximate surface area is 114 Å². The van der Waals surface area contributed by atoms with E-state index in [9.17, 15) is 0 Å². The molecule has 0 aliphatic carbocycles. The number of para-hydroxylation sites is 2. The molecule has 0 radical (unpaired) electrons. The van der Waals surface area contributed by atoms with Gasteiger partial charge in [0.15, 0.2) is 17.6 Å². The molecule has 0 fully saturated rings. The summed E-state index contributed by atoms with van der Waals surface area (Å²) in [5.41, 5.74) is 0. The highest BCUT2D eigenvalue weighted by Crippen LogP contribution is 2.30. The van der Waals surface area contributed by atoms with Gasteiger partial charge in [-0.25, -0.2) is 0 Å². The van der Waals surface area contributed by atoms with Gasteiger partial charge in [0.25, 0.3) is 0 Å². The Morgan fingerprint density at radius 1 is 1.33 bits per heavy atom. The lowest BCUT2D eigenvalue weighted by Gasteiger charge is -2.25. The number of ether oxygens (including phenoxy) is 3. The minimum atomic E-state index is 0. The maximum absolute atomic E-state index is 5.85. The average Bonchev–Trinajstić information content (AvgIpc) is 2.38. The average molecular weight is 274 g/mol. The largest absolute Gasteiger partial charge is 1.00 e. The Morgan fingerprint density at radius 2 is 2.11 bits per heavy atom. The number of methoxy groups -OCH3 is 1. The van der Waals surface area contributed by atoms with Crippen LogP contribution in [0.3, 0.4) is 0 Å². The molecule has 1 unspecified atom stereocenters. The molecule has 1 aromatic rings. The second-order valence-corrected chi connectivity index (χ2v) is 4.16. The van der Waals surface area contributed by atoms with Crippen LogP contribution in [0.2, 0.25) is 0 Å². The molecule has 1 aromatic carbocycles. The summed E-state index contributed by atoms with van der Waals surface area (Å²) in [6.45, 7) is 3.45. The summed E-state index contributed by atoms with van der Waals surface area (Å²) in [4.78, 5) is 0. The number of fused-ring (bicyclic) bond motifs is 1. The molecule has 1 heterocycles. The smallest absolute Gasteiger partial charge is 0.181 e. The minimum absolute atomic E-state index is 0. The van der Waals surface area contributed by atoms with Crippen molar-refractivity contribution in [3.05, 3.63) is 24.3 Å². The van der Waals surface area contributed by atoms with Crippen molar-refractivity contribution in [3.8, 4) is 11.5 Å². The first-order valence-electron chi connectivity index (χ1n) is 6.09. The van der Waals surface area contributed by atoms with Gasteiger partial charge in [-0.15, -0.1) is 0 Å². The third-order valence-electron chi connectivity index (χ3n) is 2.75. The van der Waals surface area contributed by atoms with Gasteiger partial charge in [0.05, 0.1) is 13.2 Å². The maximum Gasteiger partial charge on any atom is 0.181 e. The number of rotatable bonds is 6. The predicted octanol–water partition coefficient (Wildman–Crippen LogP) is -2.57. The molecular weight excluding hydrogens is 254 g/mol. The summed E-state index contributed by atoms with van der Waals surface area (Å²) in [6.07, 6.45) is 1.22. The van der Waals surface area contributed by atoms with E-state index in [1.807, 2.05) is 24.3 Å². The van der Waals surface area contributed by atoms with Gasteiger partial charge >= 0.3 is 0 Å². The quantitative estimate of drug-likeness (QED) is 0.580. The summed E-state index contributed by atoms with van der Waals surface area (Å²) in [6, 6.07) is 7.81. The molecule has 18 heavy (non-hydrogen) atoms. The van der Waals surface area contributed by atoms with E-state index < -0.39 is 0 Å². The molecule has 2 N–H and O–H groups in total. The lowest BCUT2D eigenvalue weighted by atomic mass is 10.2. The Kier molecular flexibility index (Phi) is 6.86. The normalized spacial score (nSPS) is 17.1. The van der Waals surface area contributed by atoms with Crippen molar-refractivity contribution in [2.75, 3.05) is 33.4 Å². The van der Waals surface area contributed by atoms with Crippen LogP contribution in [0.5, 0.6) is 11.5 Å². The maximum atomic E-state index is 5.85. The third kappa shape index (κ3) is 4.37. The van der Waals surface area contributed by atoms with Crippen molar-refractivity contribution in [1.82, 2.24) is 0 Å². The summed E-state index contributed by atoms with van der Waals surface area (Å²) in [7, 11) is 1.73. The van der Waals surface area contributed by atoms with Gasteiger partial charge in [0, 0.05) is 13.5 Å². The van der Waals surface area contributed by atoms with E-state index in [4.69, 9.17) is 14.2 Å². The van der Waals surface area contributed by atoms with Crippen LogP contribution in [0.25, 0.3) is 0 Å². The van der Waals surface area contributed by atoms with Gasteiger partial charge in [0.1, 0.15) is 13.2 Å². The zero-order valence-electron chi connectivity index (χ0n) is 10.6. The van der Waals surface area contributed by atoms with Crippen LogP contribution in [0.1, 0.15) is 6.42 Å². The topological polar surface area (TPSA) is 44.3 Å². The summed E-state index contributed by atoms with van der Waals surface area (Å²) in [5.74, 6) is 1.71. The zero-order chi connectivity index (χ0) is 11.9. The van der Waals surface area contributed by atoms with Crippen LogP contribution in [0, 0.1) is 0 Å². The minimum Gasteiger partial charge on any atom is -1.00 e. The van der Waals surface area contributed by atoms with Gasteiger partial charge in [0.2, 0.25) is 0 Å². The lowest BCUT2D eigenvalue weighted by molar-refractivity contribution is -0.660. The SMILES string of the molecule is COCCC[NH2+]CC1COc2ccccc2O1.[Cl-]. The molecule has 0 bridgehead atoms. The van der Waals surface area contributed by atoms with E-state index in [0.29, 0.717) is 6.61 Å². The van der Waals surface area contributed by atoms with Crippen molar-refractivity contribution in [1.29, 1.82) is 0 Å². The Morgan fingerprint density at radius 3 is 2.89 bits per heavy atom. The molecular formula is C13H20ClNO3. The van der Waals surface area contributed by atoms with Gasteiger partial charge in [-0.2, -0.15) is 0 Å². The van der Waals surface area contributed by atoms with E-state index in [-0.39, 0.29) is 18.5 Å². The van der Waals surface area contributed by atoms with Gasteiger partial charge in [-0.1, -0.05) is 12.1 Å². The highest BCUT2D eigenvalue weighted by molar-refractivity contribution is 5.40.